The number of amides is 1. The Morgan fingerprint density at radius 2 is 1.76 bits per heavy atom. The number of rotatable bonds is 8. The number of ketones is 2. The predicted octanol–water partition coefficient (Wildman–Crippen LogP) is 3.43. The number of hydrogen-bond donors (Lipinski definition) is 6. The summed E-state index contributed by atoms with van der Waals surface area (Å²) in [6.45, 7) is 1.37. The van der Waals surface area contributed by atoms with E-state index in [1.807, 2.05) is 36.4 Å². The number of phenolic OH excluding ortho intramolecular Hbond substituents is 1. The van der Waals surface area contributed by atoms with Crippen LogP contribution in [-0.2, 0) is 33.8 Å². The molecule has 1 saturated carbocycles. The van der Waals surface area contributed by atoms with Crippen LogP contribution in [0.3, 0.4) is 0 Å². The molecule has 1 amide bonds. The second kappa shape index (κ2) is 11.5. The molecule has 3 aliphatic carbocycles. The number of aliphatic hydroxyl groups is 3. The Hall–Kier alpha value is -4.93. The summed E-state index contributed by atoms with van der Waals surface area (Å²) in [5.41, 5.74) is 5.92. The Labute approximate surface area is 259 Å². The van der Waals surface area contributed by atoms with E-state index < -0.39 is 52.0 Å². The maximum absolute atomic E-state index is 13.8. The third-order valence-corrected chi connectivity index (χ3v) is 9.26. The fourth-order valence-electron chi connectivity index (χ4n) is 7.06. The first-order chi connectivity index (χ1) is 21.6. The summed E-state index contributed by atoms with van der Waals surface area (Å²) in [6.07, 6.45) is 0.756. The van der Waals surface area contributed by atoms with E-state index in [2.05, 4.69) is 17.4 Å². The van der Waals surface area contributed by atoms with Crippen molar-refractivity contribution in [3.63, 3.8) is 0 Å². The lowest BCUT2D eigenvalue weighted by Crippen LogP contribution is -2.58. The van der Waals surface area contributed by atoms with Crippen LogP contribution in [-0.4, -0.2) is 57.2 Å². The number of phenols is 1. The largest absolute Gasteiger partial charge is 0.508 e. The zero-order valence-corrected chi connectivity index (χ0v) is 24.7. The van der Waals surface area contributed by atoms with Gasteiger partial charge in [0.1, 0.15) is 28.6 Å². The lowest BCUT2D eigenvalue weighted by molar-refractivity contribution is -0.147. The molecule has 232 valence electrons. The molecule has 0 heterocycles. The Balaban J connectivity index is 1.37. The number of nitrogens with one attached hydrogen (secondary N) is 1. The van der Waals surface area contributed by atoms with Crippen molar-refractivity contribution in [2.45, 2.75) is 37.8 Å². The van der Waals surface area contributed by atoms with Gasteiger partial charge in [0.25, 0.3) is 5.91 Å². The maximum atomic E-state index is 13.8. The summed E-state index contributed by atoms with van der Waals surface area (Å²) in [7, 11) is 1.56. The van der Waals surface area contributed by atoms with Gasteiger partial charge in [-0.15, -0.1) is 0 Å². The van der Waals surface area contributed by atoms with E-state index in [0.717, 1.165) is 24.1 Å². The number of primary amides is 1. The third-order valence-electron chi connectivity index (χ3n) is 9.26. The first-order valence-corrected chi connectivity index (χ1v) is 14.8. The molecule has 3 atom stereocenters. The van der Waals surface area contributed by atoms with Crippen molar-refractivity contribution in [3.8, 4) is 22.6 Å². The first kappa shape index (κ1) is 30.1. The number of hydrogen-bond acceptors (Lipinski definition) is 9. The number of Topliss-reactive ketones (excluding diaryl/α,β-unsaturated/α-hetero) is 2. The van der Waals surface area contributed by atoms with Crippen LogP contribution in [0.1, 0.15) is 35.1 Å². The van der Waals surface area contributed by atoms with Gasteiger partial charge in [0.05, 0.1) is 12.7 Å². The highest BCUT2D eigenvalue weighted by Crippen LogP contribution is 2.53. The molecule has 0 saturated heterocycles. The minimum absolute atomic E-state index is 0.0353. The zero-order valence-electron chi connectivity index (χ0n) is 24.7. The topological polar surface area (TPSA) is 179 Å². The molecule has 7 N–H and O–H groups in total. The second-order valence-electron chi connectivity index (χ2n) is 11.8. The van der Waals surface area contributed by atoms with E-state index in [0.29, 0.717) is 23.4 Å². The van der Waals surface area contributed by atoms with Crippen LogP contribution in [0, 0.1) is 11.8 Å². The molecule has 45 heavy (non-hydrogen) atoms. The van der Waals surface area contributed by atoms with Crippen molar-refractivity contribution in [1.82, 2.24) is 5.32 Å². The highest BCUT2D eigenvalue weighted by molar-refractivity contribution is 6.22. The van der Waals surface area contributed by atoms with Crippen LogP contribution >= 0.6 is 0 Å². The van der Waals surface area contributed by atoms with E-state index in [1.165, 1.54) is 11.6 Å². The van der Waals surface area contributed by atoms with E-state index in [1.54, 1.807) is 13.2 Å². The molecule has 0 spiro atoms. The molecular formula is C35H34N2O8. The number of aromatic hydroxyl groups is 1. The van der Waals surface area contributed by atoms with Gasteiger partial charge < -0.3 is 36.2 Å². The Morgan fingerprint density at radius 3 is 2.47 bits per heavy atom. The van der Waals surface area contributed by atoms with Gasteiger partial charge in [0, 0.05) is 30.0 Å². The van der Waals surface area contributed by atoms with E-state index in [9.17, 15) is 34.8 Å². The highest BCUT2D eigenvalue weighted by Gasteiger charge is 2.60. The molecule has 10 nitrogen and oxygen atoms in total. The minimum Gasteiger partial charge on any atom is -0.508 e. The predicted molar refractivity (Wildman–Crippen MR) is 165 cm³/mol. The molecule has 10 heteroatoms. The Bertz CT molecular complexity index is 1790. The number of ether oxygens (including phenoxy) is 1. The van der Waals surface area contributed by atoms with E-state index in [-0.39, 0.29) is 36.1 Å². The number of aliphatic hydroxyl groups excluding tert-OH is 2. The van der Waals surface area contributed by atoms with Crippen LogP contribution in [0.4, 0.5) is 0 Å². The number of benzene rings is 3. The van der Waals surface area contributed by atoms with Crippen molar-refractivity contribution in [2.75, 3.05) is 13.7 Å². The van der Waals surface area contributed by atoms with Crippen molar-refractivity contribution >= 4 is 23.2 Å². The van der Waals surface area contributed by atoms with Crippen molar-refractivity contribution in [1.29, 1.82) is 0 Å². The summed E-state index contributed by atoms with van der Waals surface area (Å²) >= 11 is 0. The van der Waals surface area contributed by atoms with Crippen LogP contribution in [0.2, 0.25) is 0 Å². The van der Waals surface area contributed by atoms with Crippen LogP contribution in [0.5, 0.6) is 11.5 Å². The van der Waals surface area contributed by atoms with Crippen LogP contribution in [0.15, 0.2) is 77.6 Å². The van der Waals surface area contributed by atoms with Crippen molar-refractivity contribution in [3.05, 3.63) is 99.8 Å². The average molecular weight is 611 g/mol. The molecule has 0 radical (unpaired) electrons. The summed E-state index contributed by atoms with van der Waals surface area (Å²) in [4.78, 5) is 38.4. The summed E-state index contributed by atoms with van der Waals surface area (Å²) in [5.74, 6) is -6.03. The SMILES string of the molecule is COc1ccc(CNCCc2ccccc2)cc1-c1ccc(O)c2c1C[C@H]1CC3CC(=O)C(C(N)=O)=C(O)[C@@]3(O)C(=O)C1=C2O. The molecular weight excluding hydrogens is 576 g/mol. The molecule has 3 aliphatic rings. The average Bonchev–Trinajstić information content (AvgIpc) is 3.01. The number of carbonyl (C=O) groups is 3. The molecule has 0 bridgehead atoms. The van der Waals surface area contributed by atoms with E-state index in [4.69, 9.17) is 10.5 Å². The number of nitrogens with two attached hydrogens (primary N) is 1. The van der Waals surface area contributed by atoms with Gasteiger partial charge in [0.15, 0.2) is 11.4 Å². The maximum Gasteiger partial charge on any atom is 0.255 e. The fraction of sp³-hybridized carbons (Fsp3) is 0.286. The monoisotopic (exact) mass is 610 g/mol. The number of methoxy groups -OCH3 is 1. The zero-order chi connectivity index (χ0) is 32.0. The molecule has 0 aliphatic heterocycles. The minimum atomic E-state index is -2.60. The molecule has 0 aromatic heterocycles. The number of fused-ring (bicyclic) bond motifs is 3. The van der Waals surface area contributed by atoms with Crippen molar-refractivity contribution in [2.24, 2.45) is 17.6 Å². The van der Waals surface area contributed by atoms with Crippen molar-refractivity contribution < 1.29 is 39.5 Å². The van der Waals surface area contributed by atoms with Crippen LogP contribution < -0.4 is 15.8 Å². The molecule has 3 aromatic carbocycles. The van der Waals surface area contributed by atoms with Gasteiger partial charge in [-0.3, -0.25) is 14.4 Å². The smallest absolute Gasteiger partial charge is 0.255 e. The van der Waals surface area contributed by atoms with Gasteiger partial charge in [-0.05, 0) is 72.2 Å². The molecule has 1 unspecified atom stereocenters. The van der Waals surface area contributed by atoms with Gasteiger partial charge >= 0.3 is 0 Å². The van der Waals surface area contributed by atoms with E-state index >= 15 is 0 Å². The summed E-state index contributed by atoms with van der Waals surface area (Å²) < 4.78 is 5.69. The first-order valence-electron chi connectivity index (χ1n) is 14.8. The second-order valence-corrected chi connectivity index (χ2v) is 11.8. The summed E-state index contributed by atoms with van der Waals surface area (Å²) in [6, 6.07) is 19.1. The lowest BCUT2D eigenvalue weighted by atomic mass is 9.59. The third kappa shape index (κ3) is 4.96. The summed E-state index contributed by atoms with van der Waals surface area (Å²) in [5, 5.41) is 48.2. The molecule has 6 rings (SSSR count). The van der Waals surface area contributed by atoms with Gasteiger partial charge in [-0.25, -0.2) is 0 Å². The normalized spacial score (nSPS) is 22.5. The number of carbonyl (C=O) groups excluding carboxylic acids is 3. The fourth-order valence-corrected chi connectivity index (χ4v) is 7.06. The molecule has 1 fully saturated rings. The Kier molecular flexibility index (Phi) is 7.72. The Morgan fingerprint density at radius 1 is 1.00 bits per heavy atom. The van der Waals surface area contributed by atoms with Gasteiger partial charge in [-0.1, -0.05) is 42.5 Å². The quantitative estimate of drug-likeness (QED) is 0.165. The highest BCUT2D eigenvalue weighted by atomic mass is 16.5. The lowest BCUT2D eigenvalue weighted by Gasteiger charge is -2.46. The van der Waals surface area contributed by atoms with Crippen LogP contribution in [0.25, 0.3) is 16.9 Å². The van der Waals surface area contributed by atoms with Gasteiger partial charge in [0.2, 0.25) is 5.78 Å². The van der Waals surface area contributed by atoms with Gasteiger partial charge in [-0.2, -0.15) is 0 Å². The standard InChI is InChI=1S/C35H34N2O8/c1-45-27-10-7-19(17-37-12-11-18-5-3-2-4-6-18)13-23(27)22-8-9-25(38)29-24(22)15-20-14-21-16-26(39)30(34(36)43)33(42)35(21,44)32(41)28(20)31(29)40/h2-10,13,20-21,37-38,40,42,44H,11-12,14-17H2,1H3,(H2,36,43)/t20-,21?,35+/m1/s1. The molecule has 3 aromatic rings.